The number of benzene rings is 2. The second kappa shape index (κ2) is 7.66. The van der Waals surface area contributed by atoms with Gasteiger partial charge < -0.3 is 5.11 Å². The lowest BCUT2D eigenvalue weighted by atomic mass is 10.1. The maximum absolute atomic E-state index is 12.3. The molecule has 0 bridgehead atoms. The summed E-state index contributed by atoms with van der Waals surface area (Å²) in [6, 6.07) is 16.1. The van der Waals surface area contributed by atoms with Gasteiger partial charge in [-0.15, -0.1) is 0 Å². The van der Waals surface area contributed by atoms with Crippen molar-refractivity contribution in [3.8, 4) is 11.3 Å². The zero-order valence-corrected chi connectivity index (χ0v) is 15.7. The Morgan fingerprint density at radius 2 is 1.85 bits per heavy atom. The van der Waals surface area contributed by atoms with Crippen molar-refractivity contribution in [2.45, 2.75) is 18.8 Å². The van der Waals surface area contributed by atoms with Gasteiger partial charge in [0.1, 0.15) is 0 Å². The highest BCUT2D eigenvalue weighted by atomic mass is 79.9. The minimum atomic E-state index is -0.997. The van der Waals surface area contributed by atoms with E-state index in [9.17, 15) is 9.59 Å². The highest BCUT2D eigenvalue weighted by Gasteiger charge is 2.10. The summed E-state index contributed by atoms with van der Waals surface area (Å²) >= 11 is 3.45. The van der Waals surface area contributed by atoms with Crippen LogP contribution in [0.15, 0.2) is 59.4 Å². The van der Waals surface area contributed by atoms with E-state index in [0.29, 0.717) is 5.56 Å². The van der Waals surface area contributed by atoms with Crippen LogP contribution in [0, 0.1) is 6.92 Å². The average molecular weight is 413 g/mol. The van der Waals surface area contributed by atoms with Crippen molar-refractivity contribution in [3.05, 3.63) is 87.2 Å². The summed E-state index contributed by atoms with van der Waals surface area (Å²) in [6.07, 6.45) is 0. The third-order valence-electron chi connectivity index (χ3n) is 4.05. The molecule has 5 nitrogen and oxygen atoms in total. The number of hydrogen-bond acceptors (Lipinski definition) is 3. The number of aryl methyl sites for hydroxylation is 1. The number of halogens is 1. The molecule has 1 aromatic heterocycles. The molecule has 0 radical (unpaired) electrons. The first-order valence-electron chi connectivity index (χ1n) is 8.04. The first-order chi connectivity index (χ1) is 12.5. The molecule has 132 valence electrons. The molecule has 1 N–H and O–H groups in total. The molecular weight excluding hydrogens is 396 g/mol. The normalized spacial score (nSPS) is 10.7. The van der Waals surface area contributed by atoms with E-state index >= 15 is 0 Å². The number of rotatable bonds is 5. The van der Waals surface area contributed by atoms with Crippen LogP contribution in [0.1, 0.15) is 27.0 Å². The SMILES string of the molecule is Cc1cc(=O)n(Cc2cccc(C(=O)O)c2)nc1-c1cccc(CBr)c1. The fourth-order valence-electron chi connectivity index (χ4n) is 2.75. The molecular formula is C20H17BrN2O3. The molecule has 0 saturated heterocycles. The second-order valence-electron chi connectivity index (χ2n) is 6.01. The monoisotopic (exact) mass is 412 g/mol. The largest absolute Gasteiger partial charge is 0.478 e. The van der Waals surface area contributed by atoms with E-state index in [2.05, 4.69) is 21.0 Å². The van der Waals surface area contributed by atoms with Gasteiger partial charge in [-0.05, 0) is 41.8 Å². The Kier molecular flexibility index (Phi) is 5.32. The fraction of sp³-hybridized carbons (Fsp3) is 0.150. The molecule has 0 saturated carbocycles. The zero-order chi connectivity index (χ0) is 18.7. The number of alkyl halides is 1. The number of carboxylic acid groups (broad SMARTS) is 1. The van der Waals surface area contributed by atoms with Crippen LogP contribution < -0.4 is 5.56 Å². The van der Waals surface area contributed by atoms with Crippen LogP contribution in [-0.4, -0.2) is 20.9 Å². The summed E-state index contributed by atoms with van der Waals surface area (Å²) in [5.74, 6) is -0.997. The van der Waals surface area contributed by atoms with Crippen molar-refractivity contribution in [3.63, 3.8) is 0 Å². The van der Waals surface area contributed by atoms with E-state index in [4.69, 9.17) is 5.11 Å². The van der Waals surface area contributed by atoms with Gasteiger partial charge in [-0.3, -0.25) is 4.79 Å². The van der Waals surface area contributed by atoms with Gasteiger partial charge >= 0.3 is 5.97 Å². The Bertz CT molecular complexity index is 1030. The van der Waals surface area contributed by atoms with Gasteiger partial charge in [-0.25, -0.2) is 9.48 Å². The maximum atomic E-state index is 12.3. The molecule has 0 aliphatic rings. The molecule has 0 aliphatic heterocycles. The van der Waals surface area contributed by atoms with Crippen LogP contribution in [0.25, 0.3) is 11.3 Å². The summed E-state index contributed by atoms with van der Waals surface area (Å²) in [5, 5.41) is 14.4. The van der Waals surface area contributed by atoms with Crippen molar-refractivity contribution >= 4 is 21.9 Å². The molecule has 6 heteroatoms. The molecule has 0 aliphatic carbocycles. The zero-order valence-electron chi connectivity index (χ0n) is 14.1. The van der Waals surface area contributed by atoms with E-state index in [-0.39, 0.29) is 17.7 Å². The van der Waals surface area contributed by atoms with Gasteiger partial charge in [0.05, 0.1) is 17.8 Å². The van der Waals surface area contributed by atoms with Gasteiger partial charge in [0, 0.05) is 17.0 Å². The molecule has 0 atom stereocenters. The van der Waals surface area contributed by atoms with Crippen LogP contribution in [0.2, 0.25) is 0 Å². The molecule has 0 amide bonds. The minimum Gasteiger partial charge on any atom is -0.478 e. The van der Waals surface area contributed by atoms with Gasteiger partial charge in [0.25, 0.3) is 5.56 Å². The summed E-state index contributed by atoms with van der Waals surface area (Å²) in [5.41, 5.74) is 4.28. The first-order valence-corrected chi connectivity index (χ1v) is 9.16. The third-order valence-corrected chi connectivity index (χ3v) is 4.70. The number of aromatic nitrogens is 2. The molecule has 2 aromatic carbocycles. The van der Waals surface area contributed by atoms with Crippen LogP contribution in [0.3, 0.4) is 0 Å². The van der Waals surface area contributed by atoms with E-state index in [0.717, 1.165) is 27.7 Å². The van der Waals surface area contributed by atoms with Crippen molar-refractivity contribution in [1.29, 1.82) is 0 Å². The van der Waals surface area contributed by atoms with Crippen molar-refractivity contribution < 1.29 is 9.90 Å². The maximum Gasteiger partial charge on any atom is 0.335 e. The molecule has 3 aromatic rings. The van der Waals surface area contributed by atoms with Crippen molar-refractivity contribution in [1.82, 2.24) is 9.78 Å². The van der Waals surface area contributed by atoms with E-state index in [1.807, 2.05) is 31.2 Å². The summed E-state index contributed by atoms with van der Waals surface area (Å²) in [4.78, 5) is 23.5. The van der Waals surface area contributed by atoms with Gasteiger partial charge in [0.2, 0.25) is 0 Å². The standard InChI is InChI=1S/C20H17BrN2O3/c1-13-8-18(24)23(12-15-5-3-7-17(10-15)20(25)26)22-19(13)16-6-2-4-14(9-16)11-21/h2-10H,11-12H2,1H3,(H,25,26). The first kappa shape index (κ1) is 18.1. The number of nitrogens with zero attached hydrogens (tertiary/aromatic N) is 2. The fourth-order valence-corrected chi connectivity index (χ4v) is 3.10. The molecule has 1 heterocycles. The average Bonchev–Trinajstić information content (AvgIpc) is 2.64. The van der Waals surface area contributed by atoms with E-state index in [1.54, 1.807) is 24.3 Å². The second-order valence-corrected chi connectivity index (χ2v) is 6.57. The highest BCUT2D eigenvalue weighted by Crippen LogP contribution is 2.22. The number of carbonyl (C=O) groups is 1. The predicted molar refractivity (Wildman–Crippen MR) is 104 cm³/mol. The Morgan fingerprint density at radius 3 is 2.58 bits per heavy atom. The topological polar surface area (TPSA) is 72.2 Å². The Hall–Kier alpha value is -2.73. The lowest BCUT2D eigenvalue weighted by molar-refractivity contribution is 0.0696. The molecule has 0 unspecified atom stereocenters. The lowest BCUT2D eigenvalue weighted by Gasteiger charge is -2.11. The molecule has 0 spiro atoms. The van der Waals surface area contributed by atoms with E-state index < -0.39 is 5.97 Å². The number of carboxylic acids is 1. The Morgan fingerprint density at radius 1 is 1.12 bits per heavy atom. The molecule has 3 rings (SSSR count). The number of hydrogen-bond donors (Lipinski definition) is 1. The summed E-state index contributed by atoms with van der Waals surface area (Å²) < 4.78 is 1.37. The quantitative estimate of drug-likeness (QED) is 0.645. The molecule has 0 fully saturated rings. The van der Waals surface area contributed by atoms with Crippen molar-refractivity contribution in [2.75, 3.05) is 0 Å². The van der Waals surface area contributed by atoms with Crippen LogP contribution >= 0.6 is 15.9 Å². The van der Waals surface area contributed by atoms with Crippen molar-refractivity contribution in [2.24, 2.45) is 0 Å². The van der Waals surface area contributed by atoms with Gasteiger partial charge in [0.15, 0.2) is 0 Å². The third kappa shape index (κ3) is 3.91. The number of aromatic carboxylic acids is 1. The van der Waals surface area contributed by atoms with Crippen LogP contribution in [-0.2, 0) is 11.9 Å². The molecule has 26 heavy (non-hydrogen) atoms. The lowest BCUT2D eigenvalue weighted by Crippen LogP contribution is -2.24. The summed E-state index contributed by atoms with van der Waals surface area (Å²) in [6.45, 7) is 2.07. The predicted octanol–water partition coefficient (Wildman–Crippen LogP) is 3.86. The van der Waals surface area contributed by atoms with Crippen LogP contribution in [0.5, 0.6) is 0 Å². The summed E-state index contributed by atoms with van der Waals surface area (Å²) in [7, 11) is 0. The van der Waals surface area contributed by atoms with Gasteiger partial charge in [-0.1, -0.05) is 46.3 Å². The minimum absolute atomic E-state index is 0.188. The Balaban J connectivity index is 2.02. The van der Waals surface area contributed by atoms with Crippen LogP contribution in [0.4, 0.5) is 0 Å². The smallest absolute Gasteiger partial charge is 0.335 e. The Labute approximate surface area is 159 Å². The van der Waals surface area contributed by atoms with E-state index in [1.165, 1.54) is 10.7 Å². The van der Waals surface area contributed by atoms with Gasteiger partial charge in [-0.2, -0.15) is 5.10 Å². The highest BCUT2D eigenvalue weighted by molar-refractivity contribution is 9.08.